The summed E-state index contributed by atoms with van der Waals surface area (Å²) in [4.78, 5) is 18.8. The largest absolute Gasteiger partial charge is 0.475 e. The zero-order valence-corrected chi connectivity index (χ0v) is 14.7. The summed E-state index contributed by atoms with van der Waals surface area (Å²) in [6, 6.07) is 3.31. The first-order valence-electron chi connectivity index (χ1n) is 8.03. The fourth-order valence-corrected chi connectivity index (χ4v) is 2.87. The number of halogens is 1. The second-order valence-electron chi connectivity index (χ2n) is 5.91. The minimum atomic E-state index is -0.221. The number of fused-ring (bicyclic) bond motifs is 1. The van der Waals surface area contributed by atoms with E-state index in [0.717, 1.165) is 18.1 Å². The molecule has 0 aliphatic carbocycles. The van der Waals surface area contributed by atoms with Gasteiger partial charge in [0, 0.05) is 25.6 Å². The predicted octanol–water partition coefficient (Wildman–Crippen LogP) is 2.33. The van der Waals surface area contributed by atoms with Crippen molar-refractivity contribution >= 4 is 17.5 Å². The normalized spacial score (nSPS) is 14.0. The predicted molar refractivity (Wildman–Crippen MR) is 89.2 cm³/mol. The van der Waals surface area contributed by atoms with Crippen molar-refractivity contribution in [2.45, 2.75) is 46.4 Å². The number of carbonyl (C=O) groups excluding carboxylic acids is 1. The molecule has 0 atom stereocenters. The lowest BCUT2D eigenvalue weighted by atomic mass is 10.2. The molecule has 0 spiro atoms. The van der Waals surface area contributed by atoms with Crippen molar-refractivity contribution in [1.82, 2.24) is 24.6 Å². The highest BCUT2D eigenvalue weighted by molar-refractivity contribution is 6.33. The highest BCUT2D eigenvalue weighted by atomic mass is 35.5. The van der Waals surface area contributed by atoms with Gasteiger partial charge in [-0.2, -0.15) is 0 Å². The third-order valence-corrected chi connectivity index (χ3v) is 4.12. The highest BCUT2D eigenvalue weighted by Crippen LogP contribution is 2.22. The molecule has 0 saturated heterocycles. The van der Waals surface area contributed by atoms with Crippen LogP contribution in [0.25, 0.3) is 0 Å². The SMILES string of the molecule is CCc1nnc2n1CCN(C(=O)c1nc(OC(C)C)ccc1Cl)C2. The lowest BCUT2D eigenvalue weighted by Gasteiger charge is -2.27. The molecule has 8 heteroatoms. The summed E-state index contributed by atoms with van der Waals surface area (Å²) >= 11 is 6.17. The quantitative estimate of drug-likeness (QED) is 0.847. The molecule has 24 heavy (non-hydrogen) atoms. The molecule has 0 N–H and O–H groups in total. The molecule has 0 fully saturated rings. The second kappa shape index (κ2) is 6.76. The molecule has 3 heterocycles. The van der Waals surface area contributed by atoms with E-state index in [4.69, 9.17) is 16.3 Å². The Morgan fingerprint density at radius 2 is 2.12 bits per heavy atom. The van der Waals surface area contributed by atoms with Crippen LogP contribution in [0.2, 0.25) is 5.02 Å². The lowest BCUT2D eigenvalue weighted by molar-refractivity contribution is 0.0699. The fourth-order valence-electron chi connectivity index (χ4n) is 2.68. The van der Waals surface area contributed by atoms with Crippen LogP contribution in [-0.4, -0.2) is 43.2 Å². The molecule has 7 nitrogen and oxygen atoms in total. The third-order valence-electron chi connectivity index (χ3n) is 3.81. The molecule has 1 aliphatic rings. The number of amides is 1. The summed E-state index contributed by atoms with van der Waals surface area (Å²) in [5, 5.41) is 8.65. The summed E-state index contributed by atoms with van der Waals surface area (Å²) in [6.45, 7) is 7.50. The topological polar surface area (TPSA) is 73.1 Å². The van der Waals surface area contributed by atoms with Crippen LogP contribution in [0.5, 0.6) is 5.88 Å². The van der Waals surface area contributed by atoms with E-state index >= 15 is 0 Å². The first kappa shape index (κ1) is 16.7. The van der Waals surface area contributed by atoms with Gasteiger partial charge in [-0.1, -0.05) is 18.5 Å². The van der Waals surface area contributed by atoms with Crippen molar-refractivity contribution in [2.75, 3.05) is 6.54 Å². The van der Waals surface area contributed by atoms with Gasteiger partial charge in [-0.3, -0.25) is 4.79 Å². The Labute approximate surface area is 145 Å². The van der Waals surface area contributed by atoms with Crippen molar-refractivity contribution in [3.05, 3.63) is 34.5 Å². The number of nitrogens with zero attached hydrogens (tertiary/aromatic N) is 5. The maximum absolute atomic E-state index is 12.8. The Morgan fingerprint density at radius 3 is 2.83 bits per heavy atom. The Hall–Kier alpha value is -2.15. The van der Waals surface area contributed by atoms with Gasteiger partial charge in [-0.25, -0.2) is 4.98 Å². The van der Waals surface area contributed by atoms with E-state index in [1.54, 1.807) is 17.0 Å². The van der Waals surface area contributed by atoms with Crippen molar-refractivity contribution in [1.29, 1.82) is 0 Å². The van der Waals surface area contributed by atoms with E-state index in [1.165, 1.54) is 0 Å². The first-order valence-corrected chi connectivity index (χ1v) is 8.40. The second-order valence-corrected chi connectivity index (χ2v) is 6.32. The Kier molecular flexibility index (Phi) is 4.71. The Morgan fingerprint density at radius 1 is 1.33 bits per heavy atom. The smallest absolute Gasteiger partial charge is 0.274 e. The van der Waals surface area contributed by atoms with Gasteiger partial charge in [0.25, 0.3) is 5.91 Å². The van der Waals surface area contributed by atoms with Crippen molar-refractivity contribution < 1.29 is 9.53 Å². The fraction of sp³-hybridized carbons (Fsp3) is 0.500. The molecule has 0 saturated carbocycles. The van der Waals surface area contributed by atoms with Crippen molar-refractivity contribution in [2.24, 2.45) is 0 Å². The number of carbonyl (C=O) groups is 1. The number of aryl methyl sites for hydroxylation is 1. The van der Waals surface area contributed by atoms with E-state index < -0.39 is 0 Å². The molecule has 1 amide bonds. The van der Waals surface area contributed by atoms with Crippen molar-refractivity contribution in [3.8, 4) is 5.88 Å². The maximum atomic E-state index is 12.8. The van der Waals surface area contributed by atoms with E-state index in [1.807, 2.05) is 20.8 Å². The minimum Gasteiger partial charge on any atom is -0.475 e. The monoisotopic (exact) mass is 349 g/mol. The van der Waals surface area contributed by atoms with Gasteiger partial charge in [-0.05, 0) is 19.9 Å². The highest BCUT2D eigenvalue weighted by Gasteiger charge is 2.27. The average Bonchev–Trinajstić information content (AvgIpc) is 2.97. The molecule has 2 aromatic rings. The minimum absolute atomic E-state index is 0.0253. The van der Waals surface area contributed by atoms with Gasteiger partial charge < -0.3 is 14.2 Å². The van der Waals surface area contributed by atoms with Crippen LogP contribution in [0.15, 0.2) is 12.1 Å². The van der Waals surface area contributed by atoms with E-state index in [0.29, 0.717) is 30.5 Å². The van der Waals surface area contributed by atoms with Gasteiger partial charge in [0.05, 0.1) is 17.7 Å². The van der Waals surface area contributed by atoms with Gasteiger partial charge in [0.2, 0.25) is 5.88 Å². The number of hydrogen-bond acceptors (Lipinski definition) is 5. The average molecular weight is 350 g/mol. The number of rotatable bonds is 4. The van der Waals surface area contributed by atoms with Crippen LogP contribution in [0.1, 0.15) is 42.9 Å². The number of aromatic nitrogens is 4. The van der Waals surface area contributed by atoms with Crippen LogP contribution in [-0.2, 0) is 19.5 Å². The zero-order chi connectivity index (χ0) is 17.3. The maximum Gasteiger partial charge on any atom is 0.274 e. The van der Waals surface area contributed by atoms with E-state index in [2.05, 4.69) is 19.7 Å². The Balaban J connectivity index is 1.82. The summed E-state index contributed by atoms with van der Waals surface area (Å²) in [6.07, 6.45) is 0.797. The van der Waals surface area contributed by atoms with Gasteiger partial charge in [0.15, 0.2) is 11.5 Å². The van der Waals surface area contributed by atoms with Crippen LogP contribution < -0.4 is 4.74 Å². The number of pyridine rings is 1. The lowest BCUT2D eigenvalue weighted by Crippen LogP contribution is -2.39. The standard InChI is InChI=1S/C16H20ClN5O2/c1-4-12-19-20-13-9-21(7-8-22(12)13)16(23)15-11(17)5-6-14(18-15)24-10(2)3/h5-6,10H,4,7-9H2,1-3H3. The summed E-state index contributed by atoms with van der Waals surface area (Å²) in [5.41, 5.74) is 0.207. The van der Waals surface area contributed by atoms with E-state index in [9.17, 15) is 4.79 Å². The van der Waals surface area contributed by atoms with Crippen LogP contribution in [0.3, 0.4) is 0 Å². The summed E-state index contributed by atoms with van der Waals surface area (Å²) in [7, 11) is 0. The molecular weight excluding hydrogens is 330 g/mol. The molecule has 0 radical (unpaired) electrons. The number of ether oxygens (including phenoxy) is 1. The van der Waals surface area contributed by atoms with Crippen LogP contribution in [0, 0.1) is 0 Å². The van der Waals surface area contributed by atoms with Gasteiger partial charge in [-0.15, -0.1) is 10.2 Å². The molecule has 2 aromatic heterocycles. The van der Waals surface area contributed by atoms with Crippen LogP contribution >= 0.6 is 11.6 Å². The molecule has 0 unspecified atom stereocenters. The summed E-state index contributed by atoms with van der Waals surface area (Å²) in [5.74, 6) is 1.91. The number of hydrogen-bond donors (Lipinski definition) is 0. The molecule has 0 bridgehead atoms. The molecule has 0 aromatic carbocycles. The van der Waals surface area contributed by atoms with Gasteiger partial charge >= 0.3 is 0 Å². The third kappa shape index (κ3) is 3.21. The zero-order valence-electron chi connectivity index (χ0n) is 14.0. The molecule has 1 aliphatic heterocycles. The summed E-state index contributed by atoms with van der Waals surface area (Å²) < 4.78 is 7.62. The molecule has 128 valence electrons. The van der Waals surface area contributed by atoms with E-state index in [-0.39, 0.29) is 17.7 Å². The molecule has 3 rings (SSSR count). The first-order chi connectivity index (χ1) is 11.5. The van der Waals surface area contributed by atoms with Crippen LogP contribution in [0.4, 0.5) is 0 Å². The Bertz CT molecular complexity index is 759. The van der Waals surface area contributed by atoms with Gasteiger partial charge in [0.1, 0.15) is 5.82 Å². The van der Waals surface area contributed by atoms with Crippen molar-refractivity contribution in [3.63, 3.8) is 0 Å². The molecular formula is C16H20ClN5O2.